The van der Waals surface area contributed by atoms with E-state index < -0.39 is 37.0 Å². The minimum absolute atomic E-state index is 0.168. The van der Waals surface area contributed by atoms with Gasteiger partial charge in [-0.3, -0.25) is 5.10 Å². The molecule has 1 aliphatic rings. The van der Waals surface area contributed by atoms with Gasteiger partial charge in [-0.15, -0.1) is 0 Å². The Morgan fingerprint density at radius 1 is 1.03 bits per heavy atom. The lowest BCUT2D eigenvalue weighted by Gasteiger charge is -2.45. The van der Waals surface area contributed by atoms with Crippen molar-refractivity contribution in [1.29, 1.82) is 0 Å². The zero-order valence-electron chi connectivity index (χ0n) is 19.1. The molecule has 5 rings (SSSR count). The van der Waals surface area contributed by atoms with Crippen molar-refractivity contribution in [2.24, 2.45) is 0 Å². The van der Waals surface area contributed by atoms with E-state index in [0.717, 1.165) is 22.2 Å². The Labute approximate surface area is 201 Å². The Hall–Kier alpha value is -3.05. The molecule has 1 aliphatic heterocycles. The van der Waals surface area contributed by atoms with Gasteiger partial charge in [-0.2, -0.15) is 5.10 Å². The number of nitrogens with one attached hydrogen (secondary N) is 1. The fourth-order valence-electron chi connectivity index (χ4n) is 4.61. The van der Waals surface area contributed by atoms with Gasteiger partial charge in [0.05, 0.1) is 17.5 Å². The van der Waals surface area contributed by atoms with E-state index in [1.807, 2.05) is 25.1 Å². The number of nitrogens with zero attached hydrogens (tertiary/aromatic N) is 1. The molecule has 4 aromatic rings. The molecule has 5 atom stereocenters. The van der Waals surface area contributed by atoms with E-state index in [1.54, 1.807) is 6.07 Å². The molecule has 0 saturated carbocycles. The van der Waals surface area contributed by atoms with Crippen LogP contribution in [0.4, 0.5) is 0 Å². The van der Waals surface area contributed by atoms with E-state index in [2.05, 4.69) is 40.5 Å². The Kier molecular flexibility index (Phi) is 6.22. The van der Waals surface area contributed by atoms with Crippen molar-refractivity contribution in [3.05, 3.63) is 71.4 Å². The first-order chi connectivity index (χ1) is 16.8. The van der Waals surface area contributed by atoms with Crippen LogP contribution in [0.2, 0.25) is 0 Å². The second kappa shape index (κ2) is 9.19. The van der Waals surface area contributed by atoms with Gasteiger partial charge in [-0.25, -0.2) is 0 Å². The molecule has 1 saturated heterocycles. The number of aliphatic hydroxyl groups is 5. The summed E-state index contributed by atoms with van der Waals surface area (Å²) in [6.07, 6.45) is -5.60. The van der Waals surface area contributed by atoms with Gasteiger partial charge in [0.15, 0.2) is 6.10 Å². The number of hydrogen-bond acceptors (Lipinski definition) is 8. The van der Waals surface area contributed by atoms with Crippen LogP contribution in [0, 0.1) is 6.92 Å². The lowest BCUT2D eigenvalue weighted by molar-refractivity contribution is -0.385. The zero-order chi connectivity index (χ0) is 24.7. The number of rotatable bonds is 6. The first kappa shape index (κ1) is 23.7. The predicted molar refractivity (Wildman–Crippen MR) is 128 cm³/mol. The molecule has 9 nitrogen and oxygen atoms in total. The lowest BCUT2D eigenvalue weighted by atomic mass is 9.95. The quantitative estimate of drug-likeness (QED) is 0.226. The highest BCUT2D eigenvalue weighted by Gasteiger charge is 2.57. The van der Waals surface area contributed by atoms with Gasteiger partial charge in [0.2, 0.25) is 6.29 Å². The molecule has 1 fully saturated rings. The number of fused-ring (bicyclic) bond motifs is 2. The van der Waals surface area contributed by atoms with Crippen LogP contribution < -0.4 is 4.74 Å². The van der Waals surface area contributed by atoms with Crippen LogP contribution in [0.5, 0.6) is 5.75 Å². The van der Waals surface area contributed by atoms with Crippen molar-refractivity contribution in [2.75, 3.05) is 6.61 Å². The van der Waals surface area contributed by atoms with Gasteiger partial charge in [0.25, 0.3) is 5.79 Å². The van der Waals surface area contributed by atoms with Crippen molar-refractivity contribution in [1.82, 2.24) is 10.2 Å². The molecule has 35 heavy (non-hydrogen) atoms. The molecule has 0 amide bonds. The Morgan fingerprint density at radius 2 is 1.80 bits per heavy atom. The van der Waals surface area contributed by atoms with Crippen molar-refractivity contribution in [2.45, 2.75) is 50.2 Å². The summed E-state index contributed by atoms with van der Waals surface area (Å²) in [4.78, 5) is 0. The van der Waals surface area contributed by atoms with Crippen LogP contribution >= 0.6 is 0 Å². The minimum atomic E-state index is -2.67. The van der Waals surface area contributed by atoms with Crippen molar-refractivity contribution in [3.8, 4) is 5.75 Å². The van der Waals surface area contributed by atoms with E-state index in [1.165, 1.54) is 5.39 Å². The molecule has 6 N–H and O–H groups in total. The molecule has 1 aromatic heterocycles. The van der Waals surface area contributed by atoms with Crippen molar-refractivity contribution in [3.63, 3.8) is 0 Å². The van der Waals surface area contributed by atoms with E-state index in [0.29, 0.717) is 23.7 Å². The smallest absolute Gasteiger partial charge is 0.288 e. The Morgan fingerprint density at radius 3 is 2.57 bits per heavy atom. The molecule has 0 aliphatic carbocycles. The highest BCUT2D eigenvalue weighted by molar-refractivity contribution is 5.88. The summed E-state index contributed by atoms with van der Waals surface area (Å²) in [6, 6.07) is 17.9. The van der Waals surface area contributed by atoms with Crippen molar-refractivity contribution >= 4 is 21.7 Å². The summed E-state index contributed by atoms with van der Waals surface area (Å²) >= 11 is 0. The van der Waals surface area contributed by atoms with E-state index in [-0.39, 0.29) is 5.75 Å². The number of ether oxygens (including phenoxy) is 2. The van der Waals surface area contributed by atoms with Crippen LogP contribution in [0.25, 0.3) is 21.7 Å². The van der Waals surface area contributed by atoms with E-state index >= 15 is 0 Å². The largest absolute Gasteiger partial charge is 0.453 e. The molecule has 2 heterocycles. The number of aromatic nitrogens is 2. The van der Waals surface area contributed by atoms with Crippen LogP contribution in [-0.2, 0) is 17.6 Å². The molecule has 9 heteroatoms. The number of H-pyrrole nitrogens is 1. The third-order valence-corrected chi connectivity index (χ3v) is 6.56. The molecule has 0 unspecified atom stereocenters. The third kappa shape index (κ3) is 4.27. The number of aryl methyl sites for hydroxylation is 3. The van der Waals surface area contributed by atoms with Crippen LogP contribution in [0.1, 0.15) is 16.8 Å². The summed E-state index contributed by atoms with van der Waals surface area (Å²) in [5.41, 5.74) is 3.26. The van der Waals surface area contributed by atoms with Crippen LogP contribution in [-0.4, -0.2) is 72.7 Å². The van der Waals surface area contributed by atoms with Gasteiger partial charge in [0, 0.05) is 5.69 Å². The first-order valence-corrected chi connectivity index (χ1v) is 11.5. The monoisotopic (exact) mass is 480 g/mol. The van der Waals surface area contributed by atoms with Gasteiger partial charge in [-0.05, 0) is 53.8 Å². The fraction of sp³-hybridized carbons (Fsp3) is 0.346. The molecule has 3 aromatic carbocycles. The van der Waals surface area contributed by atoms with Gasteiger partial charge < -0.3 is 35.0 Å². The standard InChI is InChI=1S/C26H28N2O7/c1-14-10-19-22(20(11-14)35-26(33)24(31)23(30)21(13-29)34-25(26)32)18(27-28-19)9-7-15-6-8-16-4-2-3-5-17(16)12-15/h2-6,8,10-12,21,23-25,29-33H,7,9,13H2,1H3,(H,27,28)/t21-,23-,24+,25-,26+/m1/s1. The Bertz CT molecular complexity index is 1360. The Balaban J connectivity index is 1.45. The normalized spacial score (nSPS) is 26.9. The summed E-state index contributed by atoms with van der Waals surface area (Å²) in [5.74, 6) is -2.50. The lowest BCUT2D eigenvalue weighted by Crippen LogP contribution is -2.69. The average molecular weight is 481 g/mol. The highest BCUT2D eigenvalue weighted by atomic mass is 16.7. The second-order valence-electron chi connectivity index (χ2n) is 9.04. The van der Waals surface area contributed by atoms with Crippen molar-refractivity contribution < 1.29 is 35.0 Å². The third-order valence-electron chi connectivity index (χ3n) is 6.56. The number of aliphatic hydroxyl groups excluding tert-OH is 4. The number of aromatic amines is 1. The van der Waals surface area contributed by atoms with E-state index in [9.17, 15) is 25.5 Å². The molecule has 0 bridgehead atoms. The maximum absolute atomic E-state index is 11.0. The number of hydrogen-bond donors (Lipinski definition) is 6. The van der Waals surface area contributed by atoms with Crippen LogP contribution in [0.3, 0.4) is 0 Å². The summed E-state index contributed by atoms with van der Waals surface area (Å²) < 4.78 is 10.9. The molecule has 184 valence electrons. The zero-order valence-corrected chi connectivity index (χ0v) is 19.1. The van der Waals surface area contributed by atoms with E-state index in [4.69, 9.17) is 9.47 Å². The molecular formula is C26H28N2O7. The summed E-state index contributed by atoms with van der Waals surface area (Å²) in [7, 11) is 0. The summed E-state index contributed by atoms with van der Waals surface area (Å²) in [6.45, 7) is 1.17. The topological polar surface area (TPSA) is 148 Å². The molecule has 0 radical (unpaired) electrons. The maximum atomic E-state index is 11.0. The maximum Gasteiger partial charge on any atom is 0.288 e. The van der Waals surface area contributed by atoms with Gasteiger partial charge in [0.1, 0.15) is 18.0 Å². The van der Waals surface area contributed by atoms with Crippen LogP contribution in [0.15, 0.2) is 54.6 Å². The predicted octanol–water partition coefficient (Wildman–Crippen LogP) is 1.31. The number of benzene rings is 3. The minimum Gasteiger partial charge on any atom is -0.453 e. The molecular weight excluding hydrogens is 452 g/mol. The first-order valence-electron chi connectivity index (χ1n) is 11.5. The SMILES string of the molecule is Cc1cc(O[C@]2(O)[C@H](O)O[C@H](CO)[C@@H](O)[C@@H]2O)c2c(CCc3ccc4ccccc4c3)[nH]nc2c1. The van der Waals surface area contributed by atoms with Gasteiger partial charge >= 0.3 is 0 Å². The fourth-order valence-corrected chi connectivity index (χ4v) is 4.61. The van der Waals surface area contributed by atoms with Gasteiger partial charge in [-0.1, -0.05) is 42.5 Å². The molecule has 0 spiro atoms. The summed E-state index contributed by atoms with van der Waals surface area (Å²) in [5, 5.41) is 61.8. The highest BCUT2D eigenvalue weighted by Crippen LogP contribution is 2.37. The average Bonchev–Trinajstić information content (AvgIpc) is 3.26. The second-order valence-corrected chi connectivity index (χ2v) is 9.04.